The van der Waals surface area contributed by atoms with Crippen LogP contribution in [0.15, 0.2) is 36.4 Å². The number of carbonyl (C=O) groups is 1. The van der Waals surface area contributed by atoms with Gasteiger partial charge in [-0.2, -0.15) is 0 Å². The Bertz CT molecular complexity index is 804. The number of carbonyl (C=O) groups excluding carboxylic acids is 1. The van der Waals surface area contributed by atoms with Crippen LogP contribution in [0, 0.1) is 6.92 Å². The Hall–Kier alpha value is -2.89. The topological polar surface area (TPSA) is 51.2 Å². The van der Waals surface area contributed by atoms with Crippen LogP contribution in [0.25, 0.3) is 0 Å². The van der Waals surface area contributed by atoms with Gasteiger partial charge in [0.15, 0.2) is 0 Å². The van der Waals surface area contributed by atoms with Crippen LogP contribution in [0.3, 0.4) is 0 Å². The molecular weight excluding hydrogens is 356 g/mol. The zero-order valence-corrected chi connectivity index (χ0v) is 17.0. The number of ether oxygens (including phenoxy) is 3. The van der Waals surface area contributed by atoms with Crippen molar-refractivity contribution in [1.82, 2.24) is 4.90 Å². The largest absolute Gasteiger partial charge is 0.496 e. The standard InChI is InChI=1S/C22H28N2O4/c1-5-28-19-9-7-6-8-18(19)23-10-12-24(13-11-23)22(25)17-14-20(26-3)16(2)21(15-17)27-4/h6-9,14-15H,5,10-13H2,1-4H3. The van der Waals surface area contributed by atoms with Crippen molar-refractivity contribution in [2.45, 2.75) is 13.8 Å². The predicted octanol–water partition coefficient (Wildman–Crippen LogP) is 3.37. The van der Waals surface area contributed by atoms with Gasteiger partial charge < -0.3 is 24.0 Å². The molecule has 1 fully saturated rings. The van der Waals surface area contributed by atoms with Crippen LogP contribution in [0.5, 0.6) is 17.2 Å². The molecule has 0 aliphatic carbocycles. The van der Waals surface area contributed by atoms with Gasteiger partial charge in [0.2, 0.25) is 0 Å². The third-order valence-electron chi connectivity index (χ3n) is 5.07. The van der Waals surface area contributed by atoms with E-state index in [4.69, 9.17) is 14.2 Å². The van der Waals surface area contributed by atoms with Crippen LogP contribution in [0.1, 0.15) is 22.8 Å². The van der Waals surface area contributed by atoms with Crippen LogP contribution in [-0.2, 0) is 0 Å². The van der Waals surface area contributed by atoms with E-state index in [9.17, 15) is 4.79 Å². The lowest BCUT2D eigenvalue weighted by molar-refractivity contribution is 0.0746. The molecule has 0 radical (unpaired) electrons. The molecule has 1 heterocycles. The number of amides is 1. The lowest BCUT2D eigenvalue weighted by Crippen LogP contribution is -2.48. The zero-order chi connectivity index (χ0) is 20.1. The lowest BCUT2D eigenvalue weighted by atomic mass is 10.1. The molecule has 0 aromatic heterocycles. The fourth-order valence-electron chi connectivity index (χ4n) is 3.54. The van der Waals surface area contributed by atoms with Crippen LogP contribution < -0.4 is 19.1 Å². The smallest absolute Gasteiger partial charge is 0.254 e. The quantitative estimate of drug-likeness (QED) is 0.764. The van der Waals surface area contributed by atoms with E-state index in [0.717, 1.165) is 30.1 Å². The third kappa shape index (κ3) is 4.01. The highest BCUT2D eigenvalue weighted by Crippen LogP contribution is 2.31. The van der Waals surface area contributed by atoms with Gasteiger partial charge in [-0.3, -0.25) is 4.79 Å². The summed E-state index contributed by atoms with van der Waals surface area (Å²) in [4.78, 5) is 17.2. The molecule has 0 bridgehead atoms. The maximum atomic E-state index is 13.0. The van der Waals surface area contributed by atoms with Crippen molar-refractivity contribution in [1.29, 1.82) is 0 Å². The number of methoxy groups -OCH3 is 2. The van der Waals surface area contributed by atoms with E-state index in [1.54, 1.807) is 26.4 Å². The monoisotopic (exact) mass is 384 g/mol. The highest BCUT2D eigenvalue weighted by molar-refractivity contribution is 5.95. The molecule has 2 aromatic carbocycles. The van der Waals surface area contributed by atoms with Crippen LogP contribution in [0.2, 0.25) is 0 Å². The minimum absolute atomic E-state index is 0.00524. The molecule has 0 atom stereocenters. The van der Waals surface area contributed by atoms with Gasteiger partial charge in [0.05, 0.1) is 26.5 Å². The van der Waals surface area contributed by atoms with Crippen LogP contribution in [-0.4, -0.2) is 57.8 Å². The van der Waals surface area contributed by atoms with Crippen LogP contribution >= 0.6 is 0 Å². The Labute approximate surface area is 166 Å². The fourth-order valence-corrected chi connectivity index (χ4v) is 3.54. The number of anilines is 1. The molecule has 1 amide bonds. The second kappa shape index (κ2) is 8.87. The molecule has 6 nitrogen and oxygen atoms in total. The number of rotatable bonds is 6. The van der Waals surface area contributed by atoms with E-state index in [2.05, 4.69) is 11.0 Å². The van der Waals surface area contributed by atoms with E-state index >= 15 is 0 Å². The van der Waals surface area contributed by atoms with E-state index in [1.165, 1.54) is 0 Å². The summed E-state index contributed by atoms with van der Waals surface area (Å²) in [5.41, 5.74) is 2.55. The second-order valence-electron chi connectivity index (χ2n) is 6.69. The zero-order valence-electron chi connectivity index (χ0n) is 17.0. The third-order valence-corrected chi connectivity index (χ3v) is 5.07. The molecule has 0 spiro atoms. The molecule has 1 aliphatic heterocycles. The van der Waals surface area contributed by atoms with Gasteiger partial charge in [-0.15, -0.1) is 0 Å². The summed E-state index contributed by atoms with van der Waals surface area (Å²) in [5.74, 6) is 2.20. The SMILES string of the molecule is CCOc1ccccc1N1CCN(C(=O)c2cc(OC)c(C)c(OC)c2)CC1. The molecule has 0 unspecified atom stereocenters. The van der Waals surface area contributed by atoms with Gasteiger partial charge in [0, 0.05) is 37.3 Å². The maximum Gasteiger partial charge on any atom is 0.254 e. The normalized spacial score (nSPS) is 14.0. The van der Waals surface area contributed by atoms with E-state index in [1.807, 2.05) is 36.9 Å². The fraction of sp³-hybridized carbons (Fsp3) is 0.409. The molecule has 28 heavy (non-hydrogen) atoms. The summed E-state index contributed by atoms with van der Waals surface area (Å²) in [6.45, 7) is 7.35. The number of nitrogens with zero attached hydrogens (tertiary/aromatic N) is 2. The minimum Gasteiger partial charge on any atom is -0.496 e. The first-order valence-corrected chi connectivity index (χ1v) is 9.57. The van der Waals surface area contributed by atoms with Crippen molar-refractivity contribution in [3.05, 3.63) is 47.5 Å². The van der Waals surface area contributed by atoms with Crippen molar-refractivity contribution < 1.29 is 19.0 Å². The van der Waals surface area contributed by atoms with Crippen molar-refractivity contribution in [3.8, 4) is 17.2 Å². The molecule has 2 aromatic rings. The van der Waals surface area contributed by atoms with Crippen LogP contribution in [0.4, 0.5) is 5.69 Å². The second-order valence-corrected chi connectivity index (χ2v) is 6.69. The first-order chi connectivity index (χ1) is 13.6. The van der Waals surface area contributed by atoms with Gasteiger partial charge in [-0.25, -0.2) is 0 Å². The lowest BCUT2D eigenvalue weighted by Gasteiger charge is -2.36. The Kier molecular flexibility index (Phi) is 6.29. The van der Waals surface area contributed by atoms with Gasteiger partial charge in [-0.1, -0.05) is 12.1 Å². The van der Waals surface area contributed by atoms with E-state index < -0.39 is 0 Å². The first kappa shape index (κ1) is 19.9. The molecule has 3 rings (SSSR count). The summed E-state index contributed by atoms with van der Waals surface area (Å²) in [7, 11) is 3.20. The average molecular weight is 384 g/mol. The molecule has 6 heteroatoms. The van der Waals surface area contributed by atoms with E-state index in [-0.39, 0.29) is 5.91 Å². The summed E-state index contributed by atoms with van der Waals surface area (Å²) in [6, 6.07) is 11.6. The van der Waals surface area contributed by atoms with Gasteiger partial charge in [0.1, 0.15) is 17.2 Å². The summed E-state index contributed by atoms with van der Waals surface area (Å²) < 4.78 is 16.6. The molecule has 0 N–H and O–H groups in total. The molecular formula is C22H28N2O4. The Balaban J connectivity index is 1.73. The summed E-state index contributed by atoms with van der Waals surface area (Å²) >= 11 is 0. The van der Waals surface area contributed by atoms with Crippen molar-refractivity contribution >= 4 is 11.6 Å². The first-order valence-electron chi connectivity index (χ1n) is 9.57. The Morgan fingerprint density at radius 2 is 1.57 bits per heavy atom. The number of piperazine rings is 1. The summed E-state index contributed by atoms with van der Waals surface area (Å²) in [5, 5.41) is 0. The molecule has 1 saturated heterocycles. The predicted molar refractivity (Wildman–Crippen MR) is 110 cm³/mol. The van der Waals surface area contributed by atoms with Crippen molar-refractivity contribution in [2.24, 2.45) is 0 Å². The Morgan fingerprint density at radius 3 is 2.14 bits per heavy atom. The number of para-hydroxylation sites is 2. The van der Waals surface area contributed by atoms with Gasteiger partial charge >= 0.3 is 0 Å². The highest BCUT2D eigenvalue weighted by Gasteiger charge is 2.25. The van der Waals surface area contributed by atoms with Crippen molar-refractivity contribution in [3.63, 3.8) is 0 Å². The molecule has 150 valence electrons. The summed E-state index contributed by atoms with van der Waals surface area (Å²) in [6.07, 6.45) is 0. The van der Waals surface area contributed by atoms with E-state index in [0.29, 0.717) is 36.8 Å². The van der Waals surface area contributed by atoms with Gasteiger partial charge in [-0.05, 0) is 38.1 Å². The molecule has 0 saturated carbocycles. The molecule has 1 aliphatic rings. The maximum absolute atomic E-state index is 13.0. The van der Waals surface area contributed by atoms with Gasteiger partial charge in [0.25, 0.3) is 5.91 Å². The highest BCUT2D eigenvalue weighted by atomic mass is 16.5. The number of hydrogen-bond acceptors (Lipinski definition) is 5. The minimum atomic E-state index is -0.00524. The Morgan fingerprint density at radius 1 is 0.964 bits per heavy atom. The average Bonchev–Trinajstić information content (AvgIpc) is 2.74. The van der Waals surface area contributed by atoms with Crippen molar-refractivity contribution in [2.75, 3.05) is 51.9 Å². The number of benzene rings is 2. The number of hydrogen-bond donors (Lipinski definition) is 0.